The van der Waals surface area contributed by atoms with Gasteiger partial charge in [0.2, 0.25) is 5.91 Å². The number of carbonyl (C=O) groups is 1. The van der Waals surface area contributed by atoms with E-state index in [1.807, 2.05) is 13.8 Å². The number of hydrogen-bond donors (Lipinski definition) is 1. The Hall–Kier alpha value is -1.12. The van der Waals surface area contributed by atoms with Crippen LogP contribution >= 0.6 is 0 Å². The Morgan fingerprint density at radius 1 is 1.38 bits per heavy atom. The molecule has 0 bridgehead atoms. The fourth-order valence-electron chi connectivity index (χ4n) is 1.89. The van der Waals surface area contributed by atoms with Gasteiger partial charge in [0.1, 0.15) is 0 Å². The van der Waals surface area contributed by atoms with Crippen molar-refractivity contribution in [2.45, 2.75) is 19.9 Å². The molecule has 1 aliphatic rings. The lowest BCUT2D eigenvalue weighted by molar-refractivity contribution is -0.122. The van der Waals surface area contributed by atoms with Crippen LogP contribution in [0.3, 0.4) is 0 Å². The minimum absolute atomic E-state index is 0.0179. The maximum Gasteiger partial charge on any atom is 0.221 e. The molecule has 0 saturated carbocycles. The van der Waals surface area contributed by atoms with Gasteiger partial charge >= 0.3 is 0 Å². The number of primary amides is 1. The van der Waals surface area contributed by atoms with E-state index in [1.165, 1.54) is 0 Å². The third kappa shape index (κ3) is 3.47. The fraction of sp³-hybridized carbons (Fsp3) is 0.818. The molecule has 1 amide bonds. The summed E-state index contributed by atoms with van der Waals surface area (Å²) in [6.45, 7) is 8.09. The lowest BCUT2D eigenvalue weighted by atomic mass is 10.1. The lowest BCUT2D eigenvalue weighted by Crippen LogP contribution is -2.50. The number of nitriles is 1. The van der Waals surface area contributed by atoms with Crippen LogP contribution in [0.15, 0.2) is 0 Å². The largest absolute Gasteiger partial charge is 0.369 e. The van der Waals surface area contributed by atoms with Crippen LogP contribution in [-0.4, -0.2) is 54.5 Å². The number of rotatable bonds is 4. The average Bonchev–Trinajstić information content (AvgIpc) is 2.28. The second-order valence-corrected chi connectivity index (χ2v) is 4.45. The molecule has 0 radical (unpaired) electrons. The van der Waals surface area contributed by atoms with Crippen LogP contribution in [0.2, 0.25) is 0 Å². The van der Waals surface area contributed by atoms with Crippen molar-refractivity contribution >= 4 is 5.91 Å². The van der Waals surface area contributed by atoms with Crippen LogP contribution in [0.4, 0.5) is 0 Å². The number of piperazine rings is 1. The Morgan fingerprint density at radius 3 is 2.38 bits per heavy atom. The molecule has 2 unspecified atom stereocenters. The van der Waals surface area contributed by atoms with E-state index in [0.717, 1.165) is 32.7 Å². The third-order valence-electron chi connectivity index (χ3n) is 3.16. The topological polar surface area (TPSA) is 73.4 Å². The van der Waals surface area contributed by atoms with Crippen molar-refractivity contribution in [1.82, 2.24) is 9.80 Å². The van der Waals surface area contributed by atoms with Crippen LogP contribution < -0.4 is 5.73 Å². The van der Waals surface area contributed by atoms with Crippen LogP contribution in [0.1, 0.15) is 13.8 Å². The van der Waals surface area contributed by atoms with E-state index in [-0.39, 0.29) is 17.9 Å². The summed E-state index contributed by atoms with van der Waals surface area (Å²) >= 11 is 0. The number of nitrogens with two attached hydrogens (primary N) is 1. The summed E-state index contributed by atoms with van der Waals surface area (Å²) in [6.07, 6.45) is 0. The summed E-state index contributed by atoms with van der Waals surface area (Å²) in [5.41, 5.74) is 5.23. The van der Waals surface area contributed by atoms with E-state index in [4.69, 9.17) is 11.0 Å². The molecule has 16 heavy (non-hydrogen) atoms. The molecule has 1 rings (SSSR count). The van der Waals surface area contributed by atoms with Gasteiger partial charge in [0.15, 0.2) is 0 Å². The summed E-state index contributed by atoms with van der Waals surface area (Å²) in [6, 6.07) is 2.22. The van der Waals surface area contributed by atoms with Gasteiger partial charge in [0, 0.05) is 38.6 Å². The van der Waals surface area contributed by atoms with Gasteiger partial charge < -0.3 is 10.6 Å². The second-order valence-electron chi connectivity index (χ2n) is 4.45. The average molecular weight is 224 g/mol. The minimum atomic E-state index is -0.243. The lowest BCUT2D eigenvalue weighted by Gasteiger charge is -2.36. The van der Waals surface area contributed by atoms with Gasteiger partial charge in [-0.1, -0.05) is 6.92 Å². The van der Waals surface area contributed by atoms with Gasteiger partial charge in [-0.3, -0.25) is 9.69 Å². The van der Waals surface area contributed by atoms with Crippen molar-refractivity contribution < 1.29 is 4.79 Å². The quantitative estimate of drug-likeness (QED) is 0.707. The molecule has 5 heteroatoms. The highest BCUT2D eigenvalue weighted by atomic mass is 16.1. The minimum Gasteiger partial charge on any atom is -0.369 e. The van der Waals surface area contributed by atoms with E-state index in [9.17, 15) is 4.79 Å². The summed E-state index contributed by atoms with van der Waals surface area (Å²) < 4.78 is 0. The Labute approximate surface area is 96.8 Å². The number of hydrogen-bond acceptors (Lipinski definition) is 4. The first-order chi connectivity index (χ1) is 7.54. The Kier molecular flexibility index (Phi) is 4.71. The molecule has 2 N–H and O–H groups in total. The Bertz CT molecular complexity index is 278. The summed E-state index contributed by atoms with van der Waals surface area (Å²) in [4.78, 5) is 15.3. The van der Waals surface area contributed by atoms with Gasteiger partial charge in [-0.25, -0.2) is 0 Å². The summed E-state index contributed by atoms with van der Waals surface area (Å²) in [5, 5.41) is 8.80. The van der Waals surface area contributed by atoms with Crippen molar-refractivity contribution in [3.63, 3.8) is 0 Å². The molecule has 0 aliphatic carbocycles. The number of carbonyl (C=O) groups excluding carboxylic acids is 1. The molecule has 0 aromatic rings. The SMILES string of the molecule is CC(CN1CCN(C(C)C#N)CC1)C(N)=O. The van der Waals surface area contributed by atoms with Gasteiger partial charge in [0.05, 0.1) is 12.1 Å². The highest BCUT2D eigenvalue weighted by molar-refractivity contribution is 5.76. The van der Waals surface area contributed by atoms with Crippen molar-refractivity contribution in [3.8, 4) is 6.07 Å². The van der Waals surface area contributed by atoms with E-state index in [1.54, 1.807) is 0 Å². The van der Waals surface area contributed by atoms with Crippen LogP contribution in [0, 0.1) is 17.2 Å². The zero-order chi connectivity index (χ0) is 12.1. The van der Waals surface area contributed by atoms with Gasteiger partial charge in [-0.2, -0.15) is 5.26 Å². The first-order valence-electron chi connectivity index (χ1n) is 5.70. The van der Waals surface area contributed by atoms with E-state index in [0.29, 0.717) is 0 Å². The predicted molar refractivity (Wildman–Crippen MR) is 61.4 cm³/mol. The molecule has 0 aromatic carbocycles. The molecule has 1 aliphatic heterocycles. The van der Waals surface area contributed by atoms with Crippen molar-refractivity contribution in [2.24, 2.45) is 11.7 Å². The number of amides is 1. The first-order valence-corrected chi connectivity index (χ1v) is 5.70. The van der Waals surface area contributed by atoms with Gasteiger partial charge in [-0.05, 0) is 6.92 Å². The van der Waals surface area contributed by atoms with E-state index < -0.39 is 0 Å². The Balaban J connectivity index is 2.33. The maximum atomic E-state index is 10.9. The van der Waals surface area contributed by atoms with Crippen LogP contribution in [-0.2, 0) is 4.79 Å². The zero-order valence-corrected chi connectivity index (χ0v) is 10.0. The molecular formula is C11H20N4O. The van der Waals surface area contributed by atoms with E-state index in [2.05, 4.69) is 15.9 Å². The highest BCUT2D eigenvalue weighted by Gasteiger charge is 2.22. The predicted octanol–water partition coefficient (Wildman–Crippen LogP) is -0.363. The molecule has 1 saturated heterocycles. The summed E-state index contributed by atoms with van der Waals surface area (Å²) in [5.74, 6) is -0.340. The molecule has 1 fully saturated rings. The van der Waals surface area contributed by atoms with Crippen molar-refractivity contribution in [2.75, 3.05) is 32.7 Å². The first kappa shape index (κ1) is 12.9. The molecule has 0 aromatic heterocycles. The van der Waals surface area contributed by atoms with Crippen molar-refractivity contribution in [1.29, 1.82) is 5.26 Å². The zero-order valence-electron chi connectivity index (χ0n) is 10.0. The number of nitrogens with zero attached hydrogens (tertiary/aromatic N) is 3. The summed E-state index contributed by atoms with van der Waals surface area (Å²) in [7, 11) is 0. The molecule has 2 atom stereocenters. The fourth-order valence-corrected chi connectivity index (χ4v) is 1.89. The normalized spacial score (nSPS) is 22.3. The molecule has 0 spiro atoms. The monoisotopic (exact) mass is 224 g/mol. The van der Waals surface area contributed by atoms with Gasteiger partial charge in [0.25, 0.3) is 0 Å². The Morgan fingerprint density at radius 2 is 1.94 bits per heavy atom. The van der Waals surface area contributed by atoms with Crippen LogP contribution in [0.25, 0.3) is 0 Å². The van der Waals surface area contributed by atoms with E-state index >= 15 is 0 Å². The molecule has 5 nitrogen and oxygen atoms in total. The molecular weight excluding hydrogens is 204 g/mol. The second kappa shape index (κ2) is 5.83. The van der Waals surface area contributed by atoms with Crippen LogP contribution in [0.5, 0.6) is 0 Å². The highest BCUT2D eigenvalue weighted by Crippen LogP contribution is 2.07. The molecule has 90 valence electrons. The van der Waals surface area contributed by atoms with Crippen molar-refractivity contribution in [3.05, 3.63) is 0 Å². The van der Waals surface area contributed by atoms with Gasteiger partial charge in [-0.15, -0.1) is 0 Å². The third-order valence-corrected chi connectivity index (χ3v) is 3.16. The standard InChI is InChI=1S/C11H20N4O/c1-9(11(13)16)8-14-3-5-15(6-4-14)10(2)7-12/h9-10H,3-6,8H2,1-2H3,(H2,13,16). The maximum absolute atomic E-state index is 10.9. The smallest absolute Gasteiger partial charge is 0.221 e. The molecule has 1 heterocycles.